The maximum atomic E-state index is 12.6. The molecule has 0 aromatic heterocycles. The maximum absolute atomic E-state index is 12.6. The summed E-state index contributed by atoms with van der Waals surface area (Å²) in [5, 5.41) is 2.06. The Labute approximate surface area is 156 Å². The van der Waals surface area contributed by atoms with Crippen LogP contribution in [0, 0.1) is 23.7 Å². The molecule has 5 heteroatoms. The fraction of sp³-hybridized carbons (Fsp3) is 0.318. The third kappa shape index (κ3) is 2.57. The number of hydrogen-bond donors (Lipinski definition) is 0. The van der Waals surface area contributed by atoms with Gasteiger partial charge in [-0.25, -0.2) is 0 Å². The Morgan fingerprint density at radius 3 is 2.33 bits per heavy atom. The van der Waals surface area contributed by atoms with Gasteiger partial charge < -0.3 is 4.74 Å². The molecule has 27 heavy (non-hydrogen) atoms. The van der Waals surface area contributed by atoms with Gasteiger partial charge in [0.05, 0.1) is 18.3 Å². The molecule has 0 radical (unpaired) electrons. The van der Waals surface area contributed by atoms with Gasteiger partial charge in [-0.1, -0.05) is 42.5 Å². The minimum atomic E-state index is -0.441. The van der Waals surface area contributed by atoms with E-state index in [-0.39, 0.29) is 48.5 Å². The van der Waals surface area contributed by atoms with E-state index in [0.29, 0.717) is 5.75 Å². The van der Waals surface area contributed by atoms with Gasteiger partial charge in [-0.15, -0.1) is 0 Å². The molecule has 2 fully saturated rings. The van der Waals surface area contributed by atoms with Crippen molar-refractivity contribution < 1.29 is 19.1 Å². The molecule has 2 aromatic carbocycles. The third-order valence-corrected chi connectivity index (χ3v) is 6.05. The summed E-state index contributed by atoms with van der Waals surface area (Å²) in [5.41, 5.74) is 0. The Morgan fingerprint density at radius 2 is 1.63 bits per heavy atom. The highest BCUT2D eigenvalue weighted by molar-refractivity contribution is 6.06. The molecule has 5 nitrogen and oxygen atoms in total. The minimum absolute atomic E-state index is 0.00646. The zero-order valence-electron chi connectivity index (χ0n) is 14.7. The summed E-state index contributed by atoms with van der Waals surface area (Å²) >= 11 is 0. The molecule has 2 aliphatic carbocycles. The zero-order chi connectivity index (χ0) is 18.5. The van der Waals surface area contributed by atoms with Gasteiger partial charge in [0, 0.05) is 6.54 Å². The van der Waals surface area contributed by atoms with E-state index in [1.165, 1.54) is 4.90 Å². The number of ether oxygens (including phenoxy) is 1. The topological polar surface area (TPSA) is 63.7 Å². The van der Waals surface area contributed by atoms with Crippen molar-refractivity contribution in [2.24, 2.45) is 23.7 Å². The Kier molecular flexibility index (Phi) is 3.64. The van der Waals surface area contributed by atoms with E-state index in [0.717, 1.165) is 17.2 Å². The molecule has 0 spiro atoms. The molecular weight excluding hydrogens is 342 g/mol. The summed E-state index contributed by atoms with van der Waals surface area (Å²) in [5.74, 6) is -0.286. The van der Waals surface area contributed by atoms with Gasteiger partial charge in [0.2, 0.25) is 11.8 Å². The van der Waals surface area contributed by atoms with Crippen molar-refractivity contribution >= 4 is 28.6 Å². The van der Waals surface area contributed by atoms with Crippen LogP contribution in [-0.4, -0.2) is 29.2 Å². The monoisotopic (exact) mass is 361 g/mol. The first kappa shape index (κ1) is 16.2. The Hall–Kier alpha value is -2.95. The largest absolute Gasteiger partial charge is 0.426 e. The van der Waals surface area contributed by atoms with Crippen LogP contribution in [0.2, 0.25) is 0 Å². The van der Waals surface area contributed by atoms with Crippen molar-refractivity contribution in [3.05, 3.63) is 54.6 Å². The van der Waals surface area contributed by atoms with Crippen molar-refractivity contribution in [3.63, 3.8) is 0 Å². The Morgan fingerprint density at radius 1 is 0.963 bits per heavy atom. The van der Waals surface area contributed by atoms with Gasteiger partial charge in [-0.2, -0.15) is 0 Å². The summed E-state index contributed by atoms with van der Waals surface area (Å²) in [6.07, 6.45) is 5.04. The van der Waals surface area contributed by atoms with E-state index in [1.54, 1.807) is 6.07 Å². The van der Waals surface area contributed by atoms with E-state index in [9.17, 15) is 14.4 Å². The van der Waals surface area contributed by atoms with E-state index in [4.69, 9.17) is 4.74 Å². The highest BCUT2D eigenvalue weighted by Gasteiger charge is 2.59. The van der Waals surface area contributed by atoms with E-state index in [1.807, 2.05) is 36.4 Å². The van der Waals surface area contributed by atoms with Crippen molar-refractivity contribution in [2.45, 2.75) is 12.8 Å². The quantitative estimate of drug-likeness (QED) is 0.364. The molecule has 1 heterocycles. The first-order valence-electron chi connectivity index (χ1n) is 9.35. The summed E-state index contributed by atoms with van der Waals surface area (Å²) in [6.45, 7) is 0.0938. The molecule has 2 amide bonds. The Bertz CT molecular complexity index is 965. The third-order valence-electron chi connectivity index (χ3n) is 6.05. The fourth-order valence-corrected chi connectivity index (χ4v) is 4.80. The molecule has 0 N–H and O–H groups in total. The lowest BCUT2D eigenvalue weighted by Crippen LogP contribution is -2.35. The molecule has 136 valence electrons. The maximum Gasteiger partial charge on any atom is 0.312 e. The molecule has 4 atom stereocenters. The number of amides is 2. The van der Waals surface area contributed by atoms with Crippen LogP contribution in [0.15, 0.2) is 54.6 Å². The summed E-state index contributed by atoms with van der Waals surface area (Å²) in [7, 11) is 0. The second-order valence-corrected chi connectivity index (χ2v) is 7.56. The average molecular weight is 361 g/mol. The molecular formula is C22H19NO4. The average Bonchev–Trinajstić information content (AvgIpc) is 3.35. The van der Waals surface area contributed by atoms with Gasteiger partial charge >= 0.3 is 5.97 Å². The van der Waals surface area contributed by atoms with Gasteiger partial charge in [-0.3, -0.25) is 19.3 Å². The first-order chi connectivity index (χ1) is 13.1. The van der Waals surface area contributed by atoms with E-state index < -0.39 is 5.97 Å². The second-order valence-electron chi connectivity index (χ2n) is 7.56. The number of imide groups is 1. The number of allylic oxidation sites excluding steroid dienone is 2. The van der Waals surface area contributed by atoms with Crippen molar-refractivity contribution in [2.75, 3.05) is 6.54 Å². The first-order valence-corrected chi connectivity index (χ1v) is 9.35. The SMILES string of the molecule is O=C(CCN1C(=O)[C@@H]2[C@@H](C1=O)[C@H]1C=C[C@H]2C1)Oc1ccc2ccccc2c1. The predicted octanol–water partition coefficient (Wildman–Crippen LogP) is 2.94. The molecule has 2 bridgehead atoms. The number of carbonyl (C=O) groups is 3. The predicted molar refractivity (Wildman–Crippen MR) is 98.6 cm³/mol. The van der Waals surface area contributed by atoms with Crippen LogP contribution in [0.4, 0.5) is 0 Å². The zero-order valence-corrected chi connectivity index (χ0v) is 14.7. The number of likely N-dealkylation sites (tertiary alicyclic amines) is 1. The molecule has 1 saturated carbocycles. The fourth-order valence-electron chi connectivity index (χ4n) is 4.80. The number of benzene rings is 2. The van der Waals surface area contributed by atoms with Crippen LogP contribution < -0.4 is 4.74 Å². The number of carbonyl (C=O) groups excluding carboxylic acids is 3. The standard InChI is InChI=1S/C22H19NO4/c24-18(27-17-8-7-13-3-1-2-4-14(13)12-17)9-10-23-21(25)19-15-5-6-16(11-15)20(19)22(23)26/h1-8,12,15-16,19-20H,9-11H2/t15-,16-,19-,20-/m0/s1. The lowest BCUT2D eigenvalue weighted by Gasteiger charge is -2.16. The van der Waals surface area contributed by atoms with Crippen LogP contribution in [0.3, 0.4) is 0 Å². The smallest absolute Gasteiger partial charge is 0.312 e. The molecule has 1 saturated heterocycles. The van der Waals surface area contributed by atoms with E-state index in [2.05, 4.69) is 12.2 Å². The van der Waals surface area contributed by atoms with Crippen LogP contribution in [0.1, 0.15) is 12.8 Å². The lowest BCUT2D eigenvalue weighted by atomic mass is 9.85. The Balaban J connectivity index is 1.23. The summed E-state index contributed by atoms with van der Waals surface area (Å²) < 4.78 is 5.40. The number of esters is 1. The molecule has 1 aliphatic heterocycles. The van der Waals surface area contributed by atoms with Crippen LogP contribution in [0.5, 0.6) is 5.75 Å². The molecule has 2 aromatic rings. The molecule has 0 unspecified atom stereocenters. The van der Waals surface area contributed by atoms with Crippen molar-refractivity contribution in [3.8, 4) is 5.75 Å². The highest BCUT2D eigenvalue weighted by Crippen LogP contribution is 2.52. The minimum Gasteiger partial charge on any atom is -0.426 e. The number of rotatable bonds is 4. The number of hydrogen-bond acceptors (Lipinski definition) is 4. The van der Waals surface area contributed by atoms with Crippen LogP contribution >= 0.6 is 0 Å². The number of fused-ring (bicyclic) bond motifs is 6. The molecule has 5 rings (SSSR count). The second kappa shape index (κ2) is 6.05. The van der Waals surface area contributed by atoms with Crippen molar-refractivity contribution in [1.82, 2.24) is 4.90 Å². The van der Waals surface area contributed by atoms with Gasteiger partial charge in [-0.05, 0) is 41.2 Å². The summed E-state index contributed by atoms with van der Waals surface area (Å²) in [6, 6.07) is 13.3. The van der Waals surface area contributed by atoms with E-state index >= 15 is 0 Å². The highest BCUT2D eigenvalue weighted by atomic mass is 16.5. The van der Waals surface area contributed by atoms with Gasteiger partial charge in [0.1, 0.15) is 5.75 Å². The molecule has 3 aliphatic rings. The number of nitrogens with zero attached hydrogens (tertiary/aromatic N) is 1. The lowest BCUT2D eigenvalue weighted by molar-refractivity contribution is -0.142. The normalized spacial score (nSPS) is 28.2. The van der Waals surface area contributed by atoms with Gasteiger partial charge in [0.25, 0.3) is 0 Å². The summed E-state index contributed by atoms with van der Waals surface area (Å²) in [4.78, 5) is 38.7. The van der Waals surface area contributed by atoms with Crippen LogP contribution in [0.25, 0.3) is 10.8 Å². The van der Waals surface area contributed by atoms with Gasteiger partial charge in [0.15, 0.2) is 0 Å². The van der Waals surface area contributed by atoms with Crippen molar-refractivity contribution in [1.29, 1.82) is 0 Å². The van der Waals surface area contributed by atoms with Crippen LogP contribution in [-0.2, 0) is 14.4 Å².